The van der Waals surface area contributed by atoms with Crippen molar-refractivity contribution in [3.05, 3.63) is 77.6 Å². The Hall–Kier alpha value is -3.55. The molecule has 0 saturated heterocycles. The standard InChI is InChI=1S/C21H19F2N5O/c1-27-12-19(29)28(18-5-3-2-4-17(18)23)11-16-20(25-13-26-21(16)27)24-10-14-6-8-15(22)9-7-14/h2-9,13H,10-12H2,1H3,(H,24,25,26). The predicted molar refractivity (Wildman–Crippen MR) is 107 cm³/mol. The highest BCUT2D eigenvalue weighted by molar-refractivity contribution is 5.98. The van der Waals surface area contributed by atoms with E-state index >= 15 is 0 Å². The van der Waals surface area contributed by atoms with E-state index in [1.54, 1.807) is 42.3 Å². The topological polar surface area (TPSA) is 61.4 Å². The third kappa shape index (κ3) is 3.87. The minimum absolute atomic E-state index is 0.0652. The van der Waals surface area contributed by atoms with Crippen molar-refractivity contribution in [1.29, 1.82) is 0 Å². The largest absolute Gasteiger partial charge is 0.366 e. The first-order valence-electron chi connectivity index (χ1n) is 9.11. The summed E-state index contributed by atoms with van der Waals surface area (Å²) in [6, 6.07) is 12.3. The Balaban J connectivity index is 1.67. The summed E-state index contributed by atoms with van der Waals surface area (Å²) in [7, 11) is 1.76. The highest BCUT2D eigenvalue weighted by Crippen LogP contribution is 2.31. The fourth-order valence-electron chi connectivity index (χ4n) is 3.32. The fraction of sp³-hybridized carbons (Fsp3) is 0.190. The fourth-order valence-corrected chi connectivity index (χ4v) is 3.32. The highest BCUT2D eigenvalue weighted by Gasteiger charge is 2.29. The first-order valence-corrected chi connectivity index (χ1v) is 9.11. The normalized spacial score (nSPS) is 13.8. The summed E-state index contributed by atoms with van der Waals surface area (Å²) in [4.78, 5) is 24.6. The van der Waals surface area contributed by atoms with E-state index < -0.39 is 5.82 Å². The first kappa shape index (κ1) is 18.8. The van der Waals surface area contributed by atoms with Crippen LogP contribution in [0.25, 0.3) is 0 Å². The molecule has 2 heterocycles. The van der Waals surface area contributed by atoms with E-state index in [9.17, 15) is 13.6 Å². The van der Waals surface area contributed by atoms with Crippen LogP contribution in [0.15, 0.2) is 54.9 Å². The molecule has 1 amide bonds. The number of benzene rings is 2. The summed E-state index contributed by atoms with van der Waals surface area (Å²) in [6.07, 6.45) is 1.42. The summed E-state index contributed by atoms with van der Waals surface area (Å²) in [5, 5.41) is 3.23. The van der Waals surface area contributed by atoms with Gasteiger partial charge in [0.1, 0.15) is 29.6 Å². The van der Waals surface area contributed by atoms with Crippen LogP contribution in [-0.4, -0.2) is 29.5 Å². The summed E-state index contributed by atoms with van der Waals surface area (Å²) in [5.74, 6) is 0.144. The van der Waals surface area contributed by atoms with Crippen LogP contribution in [0.2, 0.25) is 0 Å². The molecule has 0 unspecified atom stereocenters. The van der Waals surface area contributed by atoms with Crippen molar-refractivity contribution in [1.82, 2.24) is 9.97 Å². The van der Waals surface area contributed by atoms with Crippen LogP contribution >= 0.6 is 0 Å². The number of anilines is 3. The lowest BCUT2D eigenvalue weighted by Crippen LogP contribution is -2.36. The molecule has 8 heteroatoms. The highest BCUT2D eigenvalue weighted by atomic mass is 19.1. The Morgan fingerprint density at radius 1 is 1.03 bits per heavy atom. The maximum absolute atomic E-state index is 14.4. The number of para-hydroxylation sites is 1. The molecule has 3 aromatic rings. The van der Waals surface area contributed by atoms with Crippen molar-refractivity contribution >= 4 is 23.2 Å². The van der Waals surface area contributed by atoms with Crippen LogP contribution in [0.4, 0.5) is 26.1 Å². The number of amides is 1. The van der Waals surface area contributed by atoms with Crippen molar-refractivity contribution < 1.29 is 13.6 Å². The van der Waals surface area contributed by atoms with Gasteiger partial charge >= 0.3 is 0 Å². The maximum atomic E-state index is 14.4. The van der Waals surface area contributed by atoms with Gasteiger partial charge in [-0.05, 0) is 29.8 Å². The van der Waals surface area contributed by atoms with Crippen molar-refractivity contribution in [2.75, 3.05) is 28.7 Å². The Morgan fingerprint density at radius 2 is 1.79 bits per heavy atom. The summed E-state index contributed by atoms with van der Waals surface area (Å²) >= 11 is 0. The number of rotatable bonds is 4. The molecular formula is C21H19F2N5O. The lowest BCUT2D eigenvalue weighted by atomic mass is 10.2. The number of aromatic nitrogens is 2. The van der Waals surface area contributed by atoms with Gasteiger partial charge in [0.25, 0.3) is 0 Å². The Bertz CT molecular complexity index is 1040. The minimum atomic E-state index is -0.468. The van der Waals surface area contributed by atoms with E-state index in [1.165, 1.54) is 29.4 Å². The Morgan fingerprint density at radius 3 is 2.55 bits per heavy atom. The molecule has 29 heavy (non-hydrogen) atoms. The van der Waals surface area contributed by atoms with Gasteiger partial charge in [-0.1, -0.05) is 24.3 Å². The van der Waals surface area contributed by atoms with Gasteiger partial charge in [-0.15, -0.1) is 0 Å². The molecule has 0 saturated carbocycles. The molecule has 1 N–H and O–H groups in total. The van der Waals surface area contributed by atoms with Crippen molar-refractivity contribution in [3.63, 3.8) is 0 Å². The second kappa shape index (κ2) is 7.83. The summed E-state index contributed by atoms with van der Waals surface area (Å²) in [5.41, 5.74) is 1.78. The van der Waals surface area contributed by atoms with Crippen molar-refractivity contribution in [2.45, 2.75) is 13.1 Å². The number of carbonyl (C=O) groups excluding carboxylic acids is 1. The van der Waals surface area contributed by atoms with Gasteiger partial charge in [0.15, 0.2) is 0 Å². The number of halogens is 2. The number of hydrogen-bond acceptors (Lipinski definition) is 5. The van der Waals surface area contributed by atoms with E-state index in [0.29, 0.717) is 23.7 Å². The first-order chi connectivity index (χ1) is 14.0. The molecule has 6 nitrogen and oxygen atoms in total. The quantitative estimate of drug-likeness (QED) is 0.734. The number of nitrogens with zero attached hydrogens (tertiary/aromatic N) is 4. The smallest absolute Gasteiger partial charge is 0.246 e. The molecule has 1 aliphatic heterocycles. The van der Waals surface area contributed by atoms with Crippen molar-refractivity contribution in [3.8, 4) is 0 Å². The Labute approximate surface area is 166 Å². The zero-order chi connectivity index (χ0) is 20.4. The maximum Gasteiger partial charge on any atom is 0.246 e. The molecule has 0 bridgehead atoms. The SMILES string of the molecule is CN1CC(=O)N(c2ccccc2F)Cc2c(NCc3ccc(F)cc3)ncnc21. The van der Waals surface area contributed by atoms with Gasteiger partial charge in [0.2, 0.25) is 5.91 Å². The van der Waals surface area contributed by atoms with E-state index in [-0.39, 0.29) is 30.5 Å². The molecule has 1 aromatic heterocycles. The molecule has 2 aromatic carbocycles. The summed E-state index contributed by atoms with van der Waals surface area (Å²) in [6.45, 7) is 0.614. The van der Waals surface area contributed by atoms with Crippen LogP contribution < -0.4 is 15.1 Å². The van der Waals surface area contributed by atoms with E-state index in [0.717, 1.165) is 5.56 Å². The third-order valence-electron chi connectivity index (χ3n) is 4.79. The van der Waals surface area contributed by atoms with Crippen molar-refractivity contribution in [2.24, 2.45) is 0 Å². The van der Waals surface area contributed by atoms with Crippen LogP contribution in [0, 0.1) is 11.6 Å². The number of fused-ring (bicyclic) bond motifs is 1. The van der Waals surface area contributed by atoms with E-state index in [2.05, 4.69) is 15.3 Å². The second-order valence-electron chi connectivity index (χ2n) is 6.79. The van der Waals surface area contributed by atoms with Gasteiger partial charge < -0.3 is 15.1 Å². The molecule has 0 atom stereocenters. The van der Waals surface area contributed by atoms with Gasteiger partial charge in [-0.2, -0.15) is 0 Å². The Kier molecular flexibility index (Phi) is 5.07. The third-order valence-corrected chi connectivity index (χ3v) is 4.79. The molecule has 0 spiro atoms. The van der Waals surface area contributed by atoms with E-state index in [4.69, 9.17) is 0 Å². The van der Waals surface area contributed by atoms with Gasteiger partial charge in [0, 0.05) is 13.6 Å². The molecule has 0 aliphatic carbocycles. The van der Waals surface area contributed by atoms with Gasteiger partial charge in [-0.3, -0.25) is 4.79 Å². The molecule has 148 valence electrons. The molecule has 0 fully saturated rings. The zero-order valence-corrected chi connectivity index (χ0v) is 15.8. The van der Waals surface area contributed by atoms with Gasteiger partial charge in [-0.25, -0.2) is 18.7 Å². The van der Waals surface area contributed by atoms with Crippen LogP contribution in [-0.2, 0) is 17.9 Å². The average Bonchev–Trinajstić information content (AvgIpc) is 2.84. The van der Waals surface area contributed by atoms with Gasteiger partial charge in [0.05, 0.1) is 24.3 Å². The monoisotopic (exact) mass is 395 g/mol. The molecule has 0 radical (unpaired) electrons. The number of carbonyl (C=O) groups is 1. The molecular weight excluding hydrogens is 376 g/mol. The lowest BCUT2D eigenvalue weighted by molar-refractivity contribution is -0.117. The molecule has 4 rings (SSSR count). The van der Waals surface area contributed by atoms with Crippen LogP contribution in [0.5, 0.6) is 0 Å². The number of hydrogen-bond donors (Lipinski definition) is 1. The minimum Gasteiger partial charge on any atom is -0.366 e. The summed E-state index contributed by atoms with van der Waals surface area (Å²) < 4.78 is 27.5. The van der Waals surface area contributed by atoms with Crippen LogP contribution in [0.3, 0.4) is 0 Å². The number of likely N-dealkylation sites (N-methyl/N-ethyl adjacent to an activating group) is 1. The average molecular weight is 395 g/mol. The number of nitrogens with one attached hydrogen (secondary N) is 1. The second-order valence-corrected chi connectivity index (χ2v) is 6.79. The van der Waals surface area contributed by atoms with E-state index in [1.807, 2.05) is 0 Å². The van der Waals surface area contributed by atoms with Crippen LogP contribution in [0.1, 0.15) is 11.1 Å². The zero-order valence-electron chi connectivity index (χ0n) is 15.8. The molecule has 1 aliphatic rings. The predicted octanol–water partition coefficient (Wildman–Crippen LogP) is 3.35. The lowest BCUT2D eigenvalue weighted by Gasteiger charge is -2.22.